The maximum Gasteiger partial charge on any atom is 0.707 e. The minimum atomic E-state index is -1.86. The standard InChI is InChI=1S/C15H18BNO5/c1-15(2,3)21-14(18)17-12-6-4-11-9-13(22-16(19)20)7-5-10(11)8-12/h4-9,19-20H,1-3H3,(H,17,18). The highest BCUT2D eigenvalue weighted by atomic mass is 16.6. The van der Waals surface area contributed by atoms with Crippen molar-refractivity contribution in [2.24, 2.45) is 0 Å². The summed E-state index contributed by atoms with van der Waals surface area (Å²) < 4.78 is 9.98. The maximum atomic E-state index is 11.7. The van der Waals surface area contributed by atoms with Gasteiger partial charge in [0, 0.05) is 5.69 Å². The molecule has 22 heavy (non-hydrogen) atoms. The highest BCUT2D eigenvalue weighted by molar-refractivity contribution is 6.33. The van der Waals surface area contributed by atoms with E-state index in [4.69, 9.17) is 19.4 Å². The highest BCUT2D eigenvalue weighted by Crippen LogP contribution is 2.24. The Kier molecular flexibility index (Phi) is 4.58. The fraction of sp³-hybridized carbons (Fsp3) is 0.267. The Morgan fingerprint density at radius 1 is 1.09 bits per heavy atom. The van der Waals surface area contributed by atoms with Crippen LogP contribution in [0.25, 0.3) is 10.8 Å². The van der Waals surface area contributed by atoms with Crippen LogP contribution in [-0.2, 0) is 4.74 Å². The molecule has 2 aromatic carbocycles. The second-order valence-electron chi connectivity index (χ2n) is 5.79. The summed E-state index contributed by atoms with van der Waals surface area (Å²) in [6, 6.07) is 10.3. The summed E-state index contributed by atoms with van der Waals surface area (Å²) >= 11 is 0. The molecule has 0 heterocycles. The number of amides is 1. The number of anilines is 1. The lowest BCUT2D eigenvalue weighted by atomic mass is 10.1. The van der Waals surface area contributed by atoms with Gasteiger partial charge < -0.3 is 19.4 Å². The fourth-order valence-electron chi connectivity index (χ4n) is 1.92. The van der Waals surface area contributed by atoms with Crippen molar-refractivity contribution in [3.05, 3.63) is 36.4 Å². The van der Waals surface area contributed by atoms with Gasteiger partial charge in [-0.15, -0.1) is 0 Å². The quantitative estimate of drug-likeness (QED) is 0.758. The molecule has 2 rings (SSSR count). The van der Waals surface area contributed by atoms with Crippen LogP contribution in [-0.4, -0.2) is 29.1 Å². The van der Waals surface area contributed by atoms with Gasteiger partial charge >= 0.3 is 13.4 Å². The van der Waals surface area contributed by atoms with Gasteiger partial charge in [0.05, 0.1) is 0 Å². The van der Waals surface area contributed by atoms with Crippen LogP contribution in [0.2, 0.25) is 0 Å². The van der Waals surface area contributed by atoms with Crippen LogP contribution in [0.4, 0.5) is 10.5 Å². The van der Waals surface area contributed by atoms with Crippen molar-refractivity contribution in [3.8, 4) is 5.75 Å². The van der Waals surface area contributed by atoms with Gasteiger partial charge in [0.15, 0.2) is 0 Å². The van der Waals surface area contributed by atoms with E-state index in [1.165, 1.54) is 0 Å². The molecule has 0 aliphatic rings. The van der Waals surface area contributed by atoms with E-state index in [1.54, 1.807) is 57.2 Å². The fourth-order valence-corrected chi connectivity index (χ4v) is 1.92. The van der Waals surface area contributed by atoms with Crippen LogP contribution < -0.4 is 9.97 Å². The van der Waals surface area contributed by atoms with Crippen molar-refractivity contribution in [2.75, 3.05) is 5.32 Å². The summed E-state index contributed by atoms with van der Waals surface area (Å²) in [5, 5.41) is 21.9. The molecule has 0 radical (unpaired) electrons. The molecule has 0 atom stereocenters. The minimum Gasteiger partial charge on any atom is -0.512 e. The second-order valence-corrected chi connectivity index (χ2v) is 5.79. The topological polar surface area (TPSA) is 88.0 Å². The highest BCUT2D eigenvalue weighted by Gasteiger charge is 2.16. The van der Waals surface area contributed by atoms with Crippen LogP contribution in [0.15, 0.2) is 36.4 Å². The van der Waals surface area contributed by atoms with E-state index in [9.17, 15) is 4.79 Å². The van der Waals surface area contributed by atoms with E-state index in [1.807, 2.05) is 0 Å². The number of nitrogens with one attached hydrogen (secondary N) is 1. The van der Waals surface area contributed by atoms with Crippen LogP contribution in [0, 0.1) is 0 Å². The number of carbonyl (C=O) groups excluding carboxylic acids is 1. The predicted molar refractivity (Wildman–Crippen MR) is 84.6 cm³/mol. The van der Waals surface area contributed by atoms with Gasteiger partial charge in [0.1, 0.15) is 11.4 Å². The SMILES string of the molecule is CC(C)(C)OC(=O)Nc1ccc2cc(OB(O)O)ccc2c1. The van der Waals surface area contributed by atoms with E-state index in [0.29, 0.717) is 11.4 Å². The first-order valence-corrected chi connectivity index (χ1v) is 6.79. The Morgan fingerprint density at radius 2 is 1.73 bits per heavy atom. The molecule has 0 aliphatic carbocycles. The molecule has 1 amide bonds. The molecule has 0 fully saturated rings. The zero-order valence-corrected chi connectivity index (χ0v) is 12.7. The zero-order chi connectivity index (χ0) is 16.3. The monoisotopic (exact) mass is 303 g/mol. The molecule has 0 saturated carbocycles. The smallest absolute Gasteiger partial charge is 0.512 e. The van der Waals surface area contributed by atoms with Crippen molar-refractivity contribution >= 4 is 29.9 Å². The first-order valence-electron chi connectivity index (χ1n) is 6.79. The molecule has 0 unspecified atom stereocenters. The number of fused-ring (bicyclic) bond motifs is 1. The number of rotatable bonds is 3. The summed E-state index contributed by atoms with van der Waals surface area (Å²) in [6.07, 6.45) is -0.518. The third-order valence-electron chi connectivity index (χ3n) is 2.70. The molecular weight excluding hydrogens is 285 g/mol. The molecular formula is C15H18BNO5. The summed E-state index contributed by atoms with van der Waals surface area (Å²) in [4.78, 5) is 11.7. The lowest BCUT2D eigenvalue weighted by Crippen LogP contribution is -2.27. The third-order valence-corrected chi connectivity index (χ3v) is 2.70. The number of benzene rings is 2. The molecule has 6 nitrogen and oxygen atoms in total. The first kappa shape index (κ1) is 16.1. The summed E-state index contributed by atoms with van der Waals surface area (Å²) in [5.41, 5.74) is 0.0517. The summed E-state index contributed by atoms with van der Waals surface area (Å²) in [6.45, 7) is 5.39. The van der Waals surface area contributed by atoms with Gasteiger partial charge in [-0.05, 0) is 55.8 Å². The first-order chi connectivity index (χ1) is 10.2. The van der Waals surface area contributed by atoms with Crippen molar-refractivity contribution in [3.63, 3.8) is 0 Å². The van der Waals surface area contributed by atoms with Gasteiger partial charge in [-0.2, -0.15) is 0 Å². The van der Waals surface area contributed by atoms with Crippen LogP contribution in [0.5, 0.6) is 5.75 Å². The van der Waals surface area contributed by atoms with E-state index in [-0.39, 0.29) is 0 Å². The number of hydrogen-bond acceptors (Lipinski definition) is 5. The van der Waals surface area contributed by atoms with Crippen molar-refractivity contribution in [1.29, 1.82) is 0 Å². The molecule has 0 spiro atoms. The van der Waals surface area contributed by atoms with Gasteiger partial charge in [-0.3, -0.25) is 5.32 Å². The molecule has 2 aromatic rings. The van der Waals surface area contributed by atoms with Gasteiger partial charge in [-0.25, -0.2) is 4.79 Å². The van der Waals surface area contributed by atoms with E-state index in [0.717, 1.165) is 10.8 Å². The van der Waals surface area contributed by atoms with Crippen LogP contribution in [0.3, 0.4) is 0 Å². The molecule has 116 valence electrons. The van der Waals surface area contributed by atoms with Gasteiger partial charge in [0.2, 0.25) is 0 Å². The van der Waals surface area contributed by atoms with Gasteiger partial charge in [0.25, 0.3) is 0 Å². The summed E-state index contributed by atoms with van der Waals surface area (Å²) in [5.74, 6) is 0.343. The second kappa shape index (κ2) is 6.25. The van der Waals surface area contributed by atoms with E-state index in [2.05, 4.69) is 5.32 Å². The lowest BCUT2D eigenvalue weighted by Gasteiger charge is -2.19. The molecule has 0 aromatic heterocycles. The van der Waals surface area contributed by atoms with E-state index >= 15 is 0 Å². The van der Waals surface area contributed by atoms with E-state index < -0.39 is 19.0 Å². The molecule has 3 N–H and O–H groups in total. The number of ether oxygens (including phenoxy) is 1. The predicted octanol–water partition coefficient (Wildman–Crippen LogP) is 2.54. The number of hydrogen-bond donors (Lipinski definition) is 3. The Bertz CT molecular complexity index is 681. The average molecular weight is 303 g/mol. The maximum absolute atomic E-state index is 11.7. The molecule has 0 aliphatic heterocycles. The normalized spacial score (nSPS) is 11.1. The van der Waals surface area contributed by atoms with Crippen LogP contribution >= 0.6 is 0 Å². The van der Waals surface area contributed by atoms with Crippen LogP contribution in [0.1, 0.15) is 20.8 Å². The summed E-state index contributed by atoms with van der Waals surface area (Å²) in [7, 11) is -1.86. The Morgan fingerprint density at radius 3 is 2.36 bits per heavy atom. The largest absolute Gasteiger partial charge is 0.707 e. The van der Waals surface area contributed by atoms with Crippen molar-refractivity contribution in [1.82, 2.24) is 0 Å². The van der Waals surface area contributed by atoms with Gasteiger partial charge in [-0.1, -0.05) is 12.1 Å². The minimum absolute atomic E-state index is 0.343. The average Bonchev–Trinajstić information content (AvgIpc) is 2.35. The Labute approximate surface area is 128 Å². The zero-order valence-electron chi connectivity index (χ0n) is 12.7. The molecule has 0 saturated heterocycles. The number of carbonyl (C=O) groups is 1. The lowest BCUT2D eigenvalue weighted by molar-refractivity contribution is 0.0636. The Balaban J connectivity index is 2.15. The van der Waals surface area contributed by atoms with Crippen molar-refractivity contribution in [2.45, 2.75) is 26.4 Å². The van der Waals surface area contributed by atoms with Crippen molar-refractivity contribution < 1.29 is 24.2 Å². The Hall–Kier alpha value is -2.25. The molecule has 0 bridgehead atoms. The third kappa shape index (κ3) is 4.65. The molecule has 7 heteroatoms.